The molecule has 3 nitrogen and oxygen atoms in total. The van der Waals surface area contributed by atoms with Crippen molar-refractivity contribution in [3.63, 3.8) is 0 Å². The molecule has 0 N–H and O–H groups in total. The van der Waals surface area contributed by atoms with Crippen molar-refractivity contribution in [3.8, 4) is 5.75 Å². The first-order chi connectivity index (χ1) is 8.67. The van der Waals surface area contributed by atoms with Crippen molar-refractivity contribution >= 4 is 5.97 Å². The topological polar surface area (TPSA) is 35.5 Å². The Balaban J connectivity index is 2.37. The predicted molar refractivity (Wildman–Crippen MR) is 71.6 cm³/mol. The summed E-state index contributed by atoms with van der Waals surface area (Å²) >= 11 is 0. The SMILES string of the molecule is CCC(CC)COC(=O)C(C)Oc1ccccc1. The maximum atomic E-state index is 11.7. The van der Waals surface area contributed by atoms with E-state index in [2.05, 4.69) is 13.8 Å². The molecule has 0 saturated heterocycles. The van der Waals surface area contributed by atoms with E-state index >= 15 is 0 Å². The van der Waals surface area contributed by atoms with Gasteiger partial charge >= 0.3 is 5.97 Å². The van der Waals surface area contributed by atoms with Gasteiger partial charge in [0.1, 0.15) is 5.75 Å². The molecule has 0 heterocycles. The van der Waals surface area contributed by atoms with Crippen molar-refractivity contribution in [1.29, 1.82) is 0 Å². The summed E-state index contributed by atoms with van der Waals surface area (Å²) in [7, 11) is 0. The van der Waals surface area contributed by atoms with Gasteiger partial charge in [0.05, 0.1) is 6.61 Å². The largest absolute Gasteiger partial charge is 0.479 e. The molecular weight excluding hydrogens is 228 g/mol. The van der Waals surface area contributed by atoms with E-state index in [1.807, 2.05) is 30.3 Å². The quantitative estimate of drug-likeness (QED) is 0.695. The van der Waals surface area contributed by atoms with Crippen molar-refractivity contribution in [2.75, 3.05) is 6.61 Å². The monoisotopic (exact) mass is 250 g/mol. The second kappa shape index (κ2) is 7.75. The van der Waals surface area contributed by atoms with Crippen LogP contribution in [-0.2, 0) is 9.53 Å². The molecule has 0 spiro atoms. The molecule has 0 radical (unpaired) electrons. The molecule has 1 rings (SSSR count). The first-order valence-corrected chi connectivity index (χ1v) is 6.55. The summed E-state index contributed by atoms with van der Waals surface area (Å²) in [4.78, 5) is 11.7. The van der Waals surface area contributed by atoms with E-state index in [1.54, 1.807) is 6.92 Å². The van der Waals surface area contributed by atoms with Gasteiger partial charge < -0.3 is 9.47 Å². The molecule has 1 unspecified atom stereocenters. The number of rotatable bonds is 7. The molecule has 0 amide bonds. The highest BCUT2D eigenvalue weighted by Gasteiger charge is 2.17. The molecule has 18 heavy (non-hydrogen) atoms. The van der Waals surface area contributed by atoms with Crippen molar-refractivity contribution in [1.82, 2.24) is 0 Å². The van der Waals surface area contributed by atoms with Gasteiger partial charge in [0, 0.05) is 0 Å². The molecule has 0 aromatic heterocycles. The zero-order chi connectivity index (χ0) is 13.4. The van der Waals surface area contributed by atoms with Crippen LogP contribution >= 0.6 is 0 Å². The van der Waals surface area contributed by atoms with Gasteiger partial charge in [-0.15, -0.1) is 0 Å². The van der Waals surface area contributed by atoms with Gasteiger partial charge in [-0.25, -0.2) is 4.79 Å². The van der Waals surface area contributed by atoms with E-state index in [9.17, 15) is 4.79 Å². The Morgan fingerprint density at radius 2 is 1.78 bits per heavy atom. The fraction of sp³-hybridized carbons (Fsp3) is 0.533. The Morgan fingerprint density at radius 1 is 1.17 bits per heavy atom. The summed E-state index contributed by atoms with van der Waals surface area (Å²) in [6.45, 7) is 6.40. The normalized spacial score (nSPS) is 12.2. The standard InChI is InChI=1S/C15H22O3/c1-4-13(5-2)11-17-15(16)12(3)18-14-9-7-6-8-10-14/h6-10,12-13H,4-5,11H2,1-3H3. The summed E-state index contributed by atoms with van der Waals surface area (Å²) in [5.41, 5.74) is 0. The Morgan fingerprint density at radius 3 is 2.33 bits per heavy atom. The van der Waals surface area contributed by atoms with Crippen LogP contribution in [0.4, 0.5) is 0 Å². The van der Waals surface area contributed by atoms with E-state index in [-0.39, 0.29) is 5.97 Å². The minimum atomic E-state index is -0.568. The summed E-state index contributed by atoms with van der Waals surface area (Å²) in [6, 6.07) is 9.30. The number of carbonyl (C=O) groups is 1. The number of esters is 1. The molecule has 0 bridgehead atoms. The van der Waals surface area contributed by atoms with E-state index in [0.29, 0.717) is 18.3 Å². The Bertz CT molecular complexity index is 344. The summed E-state index contributed by atoms with van der Waals surface area (Å²) in [6.07, 6.45) is 1.48. The number of hydrogen-bond donors (Lipinski definition) is 0. The van der Waals surface area contributed by atoms with Gasteiger partial charge in [-0.1, -0.05) is 44.9 Å². The maximum Gasteiger partial charge on any atom is 0.347 e. The molecule has 1 aromatic rings. The summed E-state index contributed by atoms with van der Waals surface area (Å²) < 4.78 is 10.8. The lowest BCUT2D eigenvalue weighted by atomic mass is 10.1. The van der Waals surface area contributed by atoms with Crippen molar-refractivity contribution in [2.24, 2.45) is 5.92 Å². The lowest BCUT2D eigenvalue weighted by Crippen LogP contribution is -2.27. The molecule has 3 heteroatoms. The van der Waals surface area contributed by atoms with Crippen LogP contribution in [0.1, 0.15) is 33.6 Å². The summed E-state index contributed by atoms with van der Waals surface area (Å²) in [5.74, 6) is 0.827. The zero-order valence-corrected chi connectivity index (χ0v) is 11.4. The fourth-order valence-electron chi connectivity index (χ4n) is 1.59. The van der Waals surface area contributed by atoms with Crippen LogP contribution < -0.4 is 4.74 Å². The molecule has 100 valence electrons. The van der Waals surface area contributed by atoms with Crippen LogP contribution in [0.15, 0.2) is 30.3 Å². The second-order valence-electron chi connectivity index (χ2n) is 4.39. The predicted octanol–water partition coefficient (Wildman–Crippen LogP) is 3.43. The Hall–Kier alpha value is -1.51. The maximum absolute atomic E-state index is 11.7. The number of para-hydroxylation sites is 1. The van der Waals surface area contributed by atoms with E-state index < -0.39 is 6.10 Å². The van der Waals surface area contributed by atoms with Crippen LogP contribution in [0.25, 0.3) is 0 Å². The van der Waals surface area contributed by atoms with Gasteiger partial charge in [-0.05, 0) is 25.0 Å². The van der Waals surface area contributed by atoms with Crippen LogP contribution in [-0.4, -0.2) is 18.7 Å². The van der Waals surface area contributed by atoms with Crippen LogP contribution in [0.2, 0.25) is 0 Å². The van der Waals surface area contributed by atoms with Gasteiger partial charge in [0.2, 0.25) is 0 Å². The van der Waals surface area contributed by atoms with E-state index in [0.717, 1.165) is 12.8 Å². The molecule has 0 aliphatic heterocycles. The van der Waals surface area contributed by atoms with E-state index in [4.69, 9.17) is 9.47 Å². The average Bonchev–Trinajstić information content (AvgIpc) is 2.40. The van der Waals surface area contributed by atoms with Crippen LogP contribution in [0.5, 0.6) is 5.75 Å². The van der Waals surface area contributed by atoms with Gasteiger partial charge in [-0.2, -0.15) is 0 Å². The minimum Gasteiger partial charge on any atom is -0.479 e. The Labute approximate surface area is 109 Å². The number of benzene rings is 1. The second-order valence-corrected chi connectivity index (χ2v) is 4.39. The van der Waals surface area contributed by atoms with Crippen LogP contribution in [0.3, 0.4) is 0 Å². The number of carbonyl (C=O) groups excluding carboxylic acids is 1. The highest BCUT2D eigenvalue weighted by molar-refractivity contribution is 5.74. The fourth-order valence-corrected chi connectivity index (χ4v) is 1.59. The molecule has 1 atom stereocenters. The molecule has 0 aliphatic rings. The summed E-state index contributed by atoms with van der Waals surface area (Å²) in [5, 5.41) is 0. The number of ether oxygens (including phenoxy) is 2. The highest BCUT2D eigenvalue weighted by atomic mass is 16.6. The average molecular weight is 250 g/mol. The van der Waals surface area contributed by atoms with Crippen molar-refractivity contribution in [3.05, 3.63) is 30.3 Å². The van der Waals surface area contributed by atoms with Crippen molar-refractivity contribution < 1.29 is 14.3 Å². The van der Waals surface area contributed by atoms with Gasteiger partial charge in [0.25, 0.3) is 0 Å². The first kappa shape index (κ1) is 14.6. The third kappa shape index (κ3) is 4.78. The Kier molecular flexibility index (Phi) is 6.26. The highest BCUT2D eigenvalue weighted by Crippen LogP contribution is 2.12. The molecule has 0 fully saturated rings. The molecule has 1 aromatic carbocycles. The first-order valence-electron chi connectivity index (χ1n) is 6.55. The van der Waals surface area contributed by atoms with Crippen LogP contribution in [0, 0.1) is 5.92 Å². The minimum absolute atomic E-state index is 0.300. The van der Waals surface area contributed by atoms with Crippen molar-refractivity contribution in [2.45, 2.75) is 39.7 Å². The third-order valence-corrected chi connectivity index (χ3v) is 3.00. The van der Waals surface area contributed by atoms with E-state index in [1.165, 1.54) is 0 Å². The molecule has 0 saturated carbocycles. The molecular formula is C15H22O3. The number of hydrogen-bond acceptors (Lipinski definition) is 3. The third-order valence-electron chi connectivity index (χ3n) is 3.00. The zero-order valence-electron chi connectivity index (χ0n) is 11.4. The lowest BCUT2D eigenvalue weighted by molar-refractivity contribution is -0.152. The van der Waals surface area contributed by atoms with Gasteiger partial charge in [-0.3, -0.25) is 0 Å². The molecule has 0 aliphatic carbocycles. The van der Waals surface area contributed by atoms with Gasteiger partial charge in [0.15, 0.2) is 6.10 Å². The smallest absolute Gasteiger partial charge is 0.347 e. The lowest BCUT2D eigenvalue weighted by Gasteiger charge is -2.16.